The van der Waals surface area contributed by atoms with Crippen LogP contribution in [0.2, 0.25) is 0 Å². The molecule has 74 heavy (non-hydrogen) atoms. The van der Waals surface area contributed by atoms with Gasteiger partial charge in [0.1, 0.15) is 47.6 Å². The zero-order valence-corrected chi connectivity index (χ0v) is 44.2. The molecule has 8 aromatic rings. The number of nitriles is 6. The van der Waals surface area contributed by atoms with Gasteiger partial charge in [0.05, 0.1) is 53.4 Å². The Hall–Kier alpha value is -8.89. The van der Waals surface area contributed by atoms with E-state index in [1.54, 1.807) is 34.8 Å². The number of allylic oxidation sites excluding steroid dienone is 9. The molecule has 9 nitrogen and oxygen atoms in total. The van der Waals surface area contributed by atoms with Crippen molar-refractivity contribution in [1.82, 2.24) is 9.13 Å². The number of rotatable bonds is 10. The predicted octanol–water partition coefficient (Wildman–Crippen LogP) is 16.2. The first-order valence-corrected chi connectivity index (χ1v) is 26.5. The molecule has 6 aromatic heterocycles. The molecule has 0 saturated heterocycles. The van der Waals surface area contributed by atoms with Crippen LogP contribution in [0.4, 0.5) is 0 Å². The molecule has 13 heteroatoms. The quantitative estimate of drug-likeness (QED) is 0.123. The van der Waals surface area contributed by atoms with Crippen molar-refractivity contribution >= 4 is 67.8 Å². The summed E-state index contributed by atoms with van der Waals surface area (Å²) < 4.78 is 4.38. The molecule has 9 rings (SSSR count). The number of benzene rings is 2. The Bertz CT molecular complexity index is 3710. The number of carbonyl (C=O) groups is 1. The van der Waals surface area contributed by atoms with E-state index < -0.39 is 10.8 Å². The monoisotopic (exact) mass is 1030 g/mol. The minimum Gasteiger partial charge on any atom is -0.308 e. The Kier molecular flexibility index (Phi) is 13.7. The van der Waals surface area contributed by atoms with Gasteiger partial charge in [-0.05, 0) is 126 Å². The summed E-state index contributed by atoms with van der Waals surface area (Å²) in [7, 11) is 0. The topological polar surface area (TPSA) is 170 Å². The Balaban J connectivity index is 1.23. The maximum atomic E-state index is 14.4. The van der Waals surface area contributed by atoms with Crippen molar-refractivity contribution in [1.29, 1.82) is 31.6 Å². The summed E-state index contributed by atoms with van der Waals surface area (Å²) in [4.78, 5) is 21.2. The molecular weight excluding hydrogens is 989 g/mol. The summed E-state index contributed by atoms with van der Waals surface area (Å²) in [5, 5.41) is 58.4. The molecule has 0 fully saturated rings. The van der Waals surface area contributed by atoms with Gasteiger partial charge in [-0.2, -0.15) is 31.6 Å². The fourth-order valence-corrected chi connectivity index (χ4v) is 13.1. The van der Waals surface area contributed by atoms with Crippen molar-refractivity contribution in [2.45, 2.75) is 41.5 Å². The number of Topliss-reactive ketones (excluding diaryl/α,β-unsaturated/α-hetero) is 1. The summed E-state index contributed by atoms with van der Waals surface area (Å²) >= 11 is 6.01. The molecule has 356 valence electrons. The number of hydrogen-bond donors (Lipinski definition) is 0. The molecule has 0 atom stereocenters. The van der Waals surface area contributed by atoms with Crippen LogP contribution in [0.5, 0.6) is 0 Å². The Morgan fingerprint density at radius 3 is 1.01 bits per heavy atom. The molecule has 0 spiro atoms. The standard InChI is InChI=1S/C61H42N8OS4/c1-60(2,3)44-29-37(30-45(59(44)70)61(4,5)6)58(56-27-25-54(73-56)48-19-17-46(68(48)40-13-9-7-10-14-40)52-23-21-50(71-52)42(35-66)38(31-62)32-63)57-28-26-55(74-57)49-20-18-47(69(49)41-15-11-8-12-16-41)53-24-22-51(72-53)43(36-67)39(33-64)34-65/h7-30H,1-6H3. The lowest BCUT2D eigenvalue weighted by atomic mass is 9.71. The van der Waals surface area contributed by atoms with Gasteiger partial charge in [0.15, 0.2) is 5.78 Å². The van der Waals surface area contributed by atoms with Crippen LogP contribution in [0.15, 0.2) is 173 Å². The van der Waals surface area contributed by atoms with Gasteiger partial charge in [0.2, 0.25) is 0 Å². The minimum atomic E-state index is -0.453. The Morgan fingerprint density at radius 1 is 0.405 bits per heavy atom. The molecular formula is C61H42N8OS4. The van der Waals surface area contributed by atoms with Crippen LogP contribution >= 0.6 is 45.3 Å². The van der Waals surface area contributed by atoms with E-state index >= 15 is 0 Å². The molecule has 0 bridgehead atoms. The van der Waals surface area contributed by atoms with Crippen LogP contribution in [0.25, 0.3) is 70.4 Å². The van der Waals surface area contributed by atoms with Gasteiger partial charge in [-0.3, -0.25) is 4.79 Å². The van der Waals surface area contributed by atoms with Gasteiger partial charge in [0.25, 0.3) is 0 Å². The minimum absolute atomic E-state index is 0.0444. The van der Waals surface area contributed by atoms with Gasteiger partial charge in [-0.25, -0.2) is 0 Å². The van der Waals surface area contributed by atoms with Crippen LogP contribution in [0, 0.1) is 78.8 Å². The molecule has 0 aliphatic heterocycles. The van der Waals surface area contributed by atoms with Crippen molar-refractivity contribution in [3.8, 4) is 90.1 Å². The first kappa shape index (κ1) is 50.1. The molecule has 6 heterocycles. The second-order valence-corrected chi connectivity index (χ2v) is 23.5. The summed E-state index contributed by atoms with van der Waals surface area (Å²) in [6.45, 7) is 12.5. The lowest BCUT2D eigenvalue weighted by Crippen LogP contribution is -2.28. The van der Waals surface area contributed by atoms with E-state index in [9.17, 15) is 36.4 Å². The summed E-state index contributed by atoms with van der Waals surface area (Å²) in [6, 6.07) is 55.9. The van der Waals surface area contributed by atoms with Crippen LogP contribution < -0.4 is 0 Å². The van der Waals surface area contributed by atoms with Crippen molar-refractivity contribution in [3.63, 3.8) is 0 Å². The maximum absolute atomic E-state index is 14.4. The third-order valence-corrected chi connectivity index (χ3v) is 16.9. The predicted molar refractivity (Wildman–Crippen MR) is 298 cm³/mol. The third-order valence-electron chi connectivity index (χ3n) is 12.4. The highest BCUT2D eigenvalue weighted by atomic mass is 32.1. The zero-order chi connectivity index (χ0) is 52.5. The SMILES string of the molecule is CC(C)(C)C1=CC(=C(c2ccc(-c3ccc(-c4ccc(C(C#N)=C(C#N)C#N)s4)n3-c3ccccc3)s2)c2ccc(-c3ccc(-c4ccc(C(C#N)=C(C#N)C#N)s4)n3-c3ccccc3)s2)C=C(C(C)(C)C)C1=O. The number of carbonyl (C=O) groups excluding carboxylic acids is 1. The third kappa shape index (κ3) is 9.38. The fraction of sp³-hybridized carbons (Fsp3) is 0.131. The molecule has 1 aliphatic carbocycles. The van der Waals surface area contributed by atoms with Crippen LogP contribution in [-0.4, -0.2) is 14.9 Å². The maximum Gasteiger partial charge on any atom is 0.186 e. The number of para-hydroxylation sites is 2. The zero-order valence-electron chi connectivity index (χ0n) is 41.0. The largest absolute Gasteiger partial charge is 0.308 e. The van der Waals surface area contributed by atoms with Crippen LogP contribution in [0.1, 0.15) is 61.1 Å². The van der Waals surface area contributed by atoms with Gasteiger partial charge in [0, 0.05) is 47.6 Å². The Morgan fingerprint density at radius 2 is 0.716 bits per heavy atom. The van der Waals surface area contributed by atoms with E-state index in [0.29, 0.717) is 9.75 Å². The van der Waals surface area contributed by atoms with E-state index in [1.807, 2.05) is 97.1 Å². The van der Waals surface area contributed by atoms with Crippen molar-refractivity contribution in [2.24, 2.45) is 10.8 Å². The number of hydrogen-bond acceptors (Lipinski definition) is 11. The average molecular weight is 1030 g/mol. The van der Waals surface area contributed by atoms with Crippen molar-refractivity contribution in [2.75, 3.05) is 0 Å². The first-order valence-electron chi connectivity index (χ1n) is 23.2. The normalized spacial score (nSPS) is 12.3. The molecule has 2 aromatic carbocycles. The number of thiophene rings is 4. The van der Waals surface area contributed by atoms with Crippen molar-refractivity contribution in [3.05, 3.63) is 193 Å². The number of nitrogens with zero attached hydrogens (tertiary/aromatic N) is 8. The molecule has 0 amide bonds. The highest BCUT2D eigenvalue weighted by Gasteiger charge is 2.35. The number of ketones is 1. The summed E-state index contributed by atoms with van der Waals surface area (Å²) in [5.41, 5.74) is 7.60. The van der Waals surface area contributed by atoms with Gasteiger partial charge in [-0.1, -0.05) is 77.9 Å². The highest BCUT2D eigenvalue weighted by molar-refractivity contribution is 7.19. The Labute approximate surface area is 445 Å². The van der Waals surface area contributed by atoms with Gasteiger partial charge >= 0.3 is 0 Å². The summed E-state index contributed by atoms with van der Waals surface area (Å²) in [6.07, 6.45) is 4.15. The number of aromatic nitrogens is 2. The van der Waals surface area contributed by atoms with Gasteiger partial charge in [-0.15, -0.1) is 45.3 Å². The lowest BCUT2D eigenvalue weighted by molar-refractivity contribution is -0.114. The molecule has 0 saturated carbocycles. The second kappa shape index (κ2) is 20.3. The molecule has 0 N–H and O–H groups in total. The van der Waals surface area contributed by atoms with Crippen molar-refractivity contribution < 1.29 is 4.79 Å². The van der Waals surface area contributed by atoms with E-state index in [2.05, 4.69) is 123 Å². The average Bonchev–Trinajstić information content (AvgIpc) is 4.26. The van der Waals surface area contributed by atoms with E-state index in [0.717, 1.165) is 85.7 Å². The summed E-state index contributed by atoms with van der Waals surface area (Å²) in [5.74, 6) is 0.0458. The van der Waals surface area contributed by atoms with E-state index in [4.69, 9.17) is 0 Å². The smallest absolute Gasteiger partial charge is 0.186 e. The second-order valence-electron chi connectivity index (χ2n) is 19.2. The first-order chi connectivity index (χ1) is 35.6. The molecule has 0 unspecified atom stereocenters. The molecule has 1 aliphatic rings. The van der Waals surface area contributed by atoms with E-state index in [-0.39, 0.29) is 28.1 Å². The van der Waals surface area contributed by atoms with Crippen LogP contribution in [-0.2, 0) is 4.79 Å². The van der Waals surface area contributed by atoms with Crippen LogP contribution in [0.3, 0.4) is 0 Å². The van der Waals surface area contributed by atoms with Gasteiger partial charge < -0.3 is 9.13 Å². The highest BCUT2D eigenvalue weighted by Crippen LogP contribution is 2.48. The van der Waals surface area contributed by atoms with E-state index in [1.165, 1.54) is 22.7 Å². The molecule has 0 radical (unpaired) electrons. The fourth-order valence-electron chi connectivity index (χ4n) is 8.83. The lowest BCUT2D eigenvalue weighted by Gasteiger charge is -2.32.